The van der Waals surface area contributed by atoms with Gasteiger partial charge in [-0.15, -0.1) is 6.42 Å². The molecule has 1 amide bonds. The van der Waals surface area contributed by atoms with Crippen LogP contribution in [0.3, 0.4) is 0 Å². The summed E-state index contributed by atoms with van der Waals surface area (Å²) in [6.45, 7) is 0. The maximum atomic E-state index is 12.8. The van der Waals surface area contributed by atoms with Gasteiger partial charge >= 0.3 is 0 Å². The molecule has 2 aromatic rings. The molecule has 0 saturated carbocycles. The summed E-state index contributed by atoms with van der Waals surface area (Å²) >= 11 is 0. The summed E-state index contributed by atoms with van der Waals surface area (Å²) in [5, 5.41) is 2.62. The van der Waals surface area contributed by atoms with Gasteiger partial charge in [0.2, 0.25) is 5.91 Å². The van der Waals surface area contributed by atoms with Crippen molar-refractivity contribution in [1.82, 2.24) is 0 Å². The van der Waals surface area contributed by atoms with Gasteiger partial charge < -0.3 is 5.32 Å². The molecule has 0 atom stereocenters. The molecule has 2 aromatic carbocycles. The van der Waals surface area contributed by atoms with Crippen molar-refractivity contribution in [3.63, 3.8) is 0 Å². The first kappa shape index (κ1) is 16.2. The van der Waals surface area contributed by atoms with Crippen molar-refractivity contribution in [3.8, 4) is 12.3 Å². The van der Waals surface area contributed by atoms with Crippen LogP contribution in [0, 0.1) is 18.2 Å². The quantitative estimate of drug-likeness (QED) is 0.681. The van der Waals surface area contributed by atoms with Gasteiger partial charge in [0.25, 0.3) is 0 Å². The molecule has 0 aliphatic heterocycles. The van der Waals surface area contributed by atoms with Crippen molar-refractivity contribution < 1.29 is 14.0 Å². The van der Waals surface area contributed by atoms with Gasteiger partial charge in [0.05, 0.1) is 0 Å². The van der Waals surface area contributed by atoms with E-state index in [0.717, 1.165) is 0 Å². The van der Waals surface area contributed by atoms with Gasteiger partial charge in [0.15, 0.2) is 5.78 Å². The van der Waals surface area contributed by atoms with Crippen LogP contribution in [0.5, 0.6) is 0 Å². The van der Waals surface area contributed by atoms with Crippen molar-refractivity contribution in [2.75, 3.05) is 5.32 Å². The van der Waals surface area contributed by atoms with E-state index in [2.05, 4.69) is 11.2 Å². The van der Waals surface area contributed by atoms with Crippen molar-refractivity contribution >= 4 is 17.4 Å². The third-order valence-corrected chi connectivity index (χ3v) is 3.03. The van der Waals surface area contributed by atoms with Crippen molar-refractivity contribution in [2.45, 2.75) is 6.42 Å². The van der Waals surface area contributed by atoms with E-state index in [1.165, 1.54) is 36.4 Å². The Hall–Kier alpha value is -3.19. The largest absolute Gasteiger partial charge is 0.323 e. The fourth-order valence-corrected chi connectivity index (χ4v) is 1.86. The number of hydrogen-bond donors (Lipinski definition) is 1. The summed E-state index contributed by atoms with van der Waals surface area (Å²) < 4.78 is 12.8. The number of hydrogen-bond acceptors (Lipinski definition) is 2. The van der Waals surface area contributed by atoms with Gasteiger partial charge in [-0.2, -0.15) is 0 Å². The molecule has 0 spiro atoms. The minimum atomic E-state index is -0.411. The molecule has 0 radical (unpaired) electrons. The predicted octanol–water partition coefficient (Wildman–Crippen LogP) is 3.11. The zero-order valence-corrected chi connectivity index (χ0v) is 12.3. The van der Waals surface area contributed by atoms with Crippen LogP contribution in [-0.2, 0) is 16.0 Å². The van der Waals surface area contributed by atoms with Crippen LogP contribution >= 0.6 is 0 Å². The Labute approximate surface area is 133 Å². The number of benzene rings is 2. The Morgan fingerprint density at radius 1 is 1.04 bits per heavy atom. The number of amides is 1. The molecule has 114 valence electrons. The molecule has 0 aliphatic carbocycles. The first-order valence-electron chi connectivity index (χ1n) is 6.90. The smallest absolute Gasteiger partial charge is 0.248 e. The Balaban J connectivity index is 1.88. The molecular formula is C19H14FNO2. The first-order chi connectivity index (χ1) is 11.1. The fraction of sp³-hybridized carbons (Fsp3) is 0.0526. The number of carbonyl (C=O) groups is 2. The molecule has 0 aliphatic rings. The average Bonchev–Trinajstić information content (AvgIpc) is 2.56. The molecular weight excluding hydrogens is 293 g/mol. The zero-order chi connectivity index (χ0) is 16.7. The van der Waals surface area contributed by atoms with E-state index >= 15 is 0 Å². The minimum absolute atomic E-state index is 0.112. The second kappa shape index (κ2) is 7.71. The van der Waals surface area contributed by atoms with Gasteiger partial charge in [-0.05, 0) is 48.0 Å². The number of carbonyl (C=O) groups excluding carboxylic acids is 2. The molecule has 1 N–H and O–H groups in total. The van der Waals surface area contributed by atoms with E-state index in [4.69, 9.17) is 6.42 Å². The predicted molar refractivity (Wildman–Crippen MR) is 87.3 cm³/mol. The molecule has 23 heavy (non-hydrogen) atoms. The third-order valence-electron chi connectivity index (χ3n) is 3.03. The molecule has 0 aromatic heterocycles. The fourth-order valence-electron chi connectivity index (χ4n) is 1.86. The number of rotatable bonds is 5. The summed E-state index contributed by atoms with van der Waals surface area (Å²) in [4.78, 5) is 23.5. The third kappa shape index (κ3) is 5.25. The van der Waals surface area contributed by atoms with Crippen LogP contribution in [0.25, 0.3) is 0 Å². The van der Waals surface area contributed by atoms with E-state index in [9.17, 15) is 14.0 Å². The van der Waals surface area contributed by atoms with Gasteiger partial charge in [0, 0.05) is 23.7 Å². The zero-order valence-electron chi connectivity index (χ0n) is 12.3. The molecule has 0 bridgehead atoms. The van der Waals surface area contributed by atoms with Crippen LogP contribution in [-0.4, -0.2) is 11.7 Å². The van der Waals surface area contributed by atoms with E-state index in [-0.39, 0.29) is 18.0 Å². The molecule has 0 unspecified atom stereocenters. The van der Waals surface area contributed by atoms with Crippen molar-refractivity contribution in [1.29, 1.82) is 0 Å². The number of nitrogens with one attached hydrogen (secondary N) is 1. The average molecular weight is 307 g/mol. The van der Waals surface area contributed by atoms with E-state index < -0.39 is 5.91 Å². The minimum Gasteiger partial charge on any atom is -0.323 e. The molecule has 0 saturated heterocycles. The van der Waals surface area contributed by atoms with Gasteiger partial charge in [-0.1, -0.05) is 18.1 Å². The highest BCUT2D eigenvalue weighted by Gasteiger charge is 2.02. The topological polar surface area (TPSA) is 46.2 Å². The second-order valence-electron chi connectivity index (χ2n) is 4.81. The molecule has 0 heterocycles. The second-order valence-corrected chi connectivity index (χ2v) is 4.81. The maximum Gasteiger partial charge on any atom is 0.248 e. The Kier molecular flexibility index (Phi) is 5.43. The maximum absolute atomic E-state index is 12.8. The lowest BCUT2D eigenvalue weighted by molar-refractivity contribution is -0.115. The lowest BCUT2D eigenvalue weighted by Gasteiger charge is -2.02. The summed E-state index contributed by atoms with van der Waals surface area (Å²) in [5.41, 5.74) is 1.99. The summed E-state index contributed by atoms with van der Waals surface area (Å²) in [6, 6.07) is 12.4. The van der Waals surface area contributed by atoms with Crippen molar-refractivity contribution in [3.05, 3.63) is 77.6 Å². The number of halogens is 1. The van der Waals surface area contributed by atoms with E-state index in [0.29, 0.717) is 16.8 Å². The Morgan fingerprint density at radius 2 is 1.70 bits per heavy atom. The van der Waals surface area contributed by atoms with Crippen LogP contribution in [0.2, 0.25) is 0 Å². The van der Waals surface area contributed by atoms with Crippen molar-refractivity contribution in [2.24, 2.45) is 0 Å². The van der Waals surface area contributed by atoms with Crippen LogP contribution < -0.4 is 5.32 Å². The molecule has 4 heteroatoms. The summed E-state index contributed by atoms with van der Waals surface area (Å²) in [5.74, 6) is 1.47. The monoisotopic (exact) mass is 307 g/mol. The normalized spacial score (nSPS) is 10.3. The first-order valence-corrected chi connectivity index (χ1v) is 6.90. The van der Waals surface area contributed by atoms with Crippen LogP contribution in [0.15, 0.2) is 60.7 Å². The summed E-state index contributed by atoms with van der Waals surface area (Å²) in [6.07, 6.45) is 7.73. The van der Waals surface area contributed by atoms with Crippen LogP contribution in [0.1, 0.15) is 11.1 Å². The Morgan fingerprint density at radius 3 is 2.30 bits per heavy atom. The van der Waals surface area contributed by atoms with Crippen LogP contribution in [0.4, 0.5) is 10.1 Å². The van der Waals surface area contributed by atoms with Gasteiger partial charge in [0.1, 0.15) is 5.82 Å². The van der Waals surface area contributed by atoms with Gasteiger partial charge in [-0.25, -0.2) is 4.39 Å². The number of terminal acetylenes is 1. The lowest BCUT2D eigenvalue weighted by atomic mass is 10.1. The van der Waals surface area contributed by atoms with E-state index in [1.54, 1.807) is 24.3 Å². The molecule has 3 nitrogen and oxygen atoms in total. The standard InChI is InChI=1S/C19H14FNO2/c1-2-14-5-9-17(10-6-14)21-19(23)12-11-18(22)13-15-3-7-16(20)8-4-15/h1,3-12H,13H2,(H,21,23)/b12-11+. The number of ketones is 1. The van der Waals surface area contributed by atoms with Gasteiger partial charge in [-0.3, -0.25) is 9.59 Å². The Bertz CT molecular complexity index is 769. The molecule has 2 rings (SSSR count). The highest BCUT2D eigenvalue weighted by molar-refractivity contribution is 6.04. The van der Waals surface area contributed by atoms with E-state index in [1.807, 2.05) is 0 Å². The molecule has 0 fully saturated rings. The summed E-state index contributed by atoms with van der Waals surface area (Å²) in [7, 11) is 0. The number of allylic oxidation sites excluding steroid dienone is 1. The number of anilines is 1. The SMILES string of the molecule is C#Cc1ccc(NC(=O)/C=C/C(=O)Cc2ccc(F)cc2)cc1. The lowest BCUT2D eigenvalue weighted by Crippen LogP contribution is -2.09. The highest BCUT2D eigenvalue weighted by atomic mass is 19.1. The highest BCUT2D eigenvalue weighted by Crippen LogP contribution is 2.09.